The number of aromatic nitrogens is 2. The van der Waals surface area contributed by atoms with Gasteiger partial charge in [-0.25, -0.2) is 4.98 Å². The Morgan fingerprint density at radius 2 is 1.83 bits per heavy atom. The molecule has 0 bridgehead atoms. The molecule has 0 unspecified atom stereocenters. The van der Waals surface area contributed by atoms with Crippen molar-refractivity contribution < 1.29 is 0 Å². The molecule has 0 amide bonds. The van der Waals surface area contributed by atoms with Gasteiger partial charge in [-0.2, -0.15) is 0 Å². The molecule has 1 N–H and O–H groups in total. The minimum Gasteiger partial charge on any atom is -0.340 e. The van der Waals surface area contributed by atoms with Gasteiger partial charge in [-0.05, 0) is 30.7 Å². The van der Waals surface area contributed by atoms with Gasteiger partial charge >= 0.3 is 0 Å². The highest BCUT2D eigenvalue weighted by Gasteiger charge is 2.09. The van der Waals surface area contributed by atoms with E-state index >= 15 is 0 Å². The van der Waals surface area contributed by atoms with Crippen molar-refractivity contribution in [3.05, 3.63) is 60.4 Å². The molecule has 0 saturated carbocycles. The molecule has 0 aliphatic heterocycles. The van der Waals surface area contributed by atoms with Gasteiger partial charge in [0.2, 0.25) is 0 Å². The Morgan fingerprint density at radius 3 is 2.61 bits per heavy atom. The van der Waals surface area contributed by atoms with Crippen LogP contribution in [0.3, 0.4) is 0 Å². The van der Waals surface area contributed by atoms with Crippen LogP contribution in [0.4, 0.5) is 11.5 Å². The maximum absolute atomic E-state index is 4.63. The van der Waals surface area contributed by atoms with Crippen LogP contribution in [0.15, 0.2) is 54.7 Å². The first-order valence-electron chi connectivity index (χ1n) is 6.16. The number of hydrogen-bond acceptors (Lipinski definition) is 2. The average molecular weight is 237 g/mol. The van der Waals surface area contributed by atoms with E-state index in [-0.39, 0.29) is 0 Å². The summed E-state index contributed by atoms with van der Waals surface area (Å²) in [4.78, 5) is 4.63. The van der Waals surface area contributed by atoms with Crippen molar-refractivity contribution in [1.82, 2.24) is 9.38 Å². The van der Waals surface area contributed by atoms with Crippen molar-refractivity contribution in [2.24, 2.45) is 0 Å². The van der Waals surface area contributed by atoms with Crippen molar-refractivity contribution >= 4 is 17.2 Å². The highest BCUT2D eigenvalue weighted by Crippen LogP contribution is 2.22. The van der Waals surface area contributed by atoms with E-state index in [1.807, 2.05) is 42.6 Å². The molecule has 2 heterocycles. The monoisotopic (exact) mass is 237 g/mol. The second kappa shape index (κ2) is 4.53. The number of benzene rings is 1. The maximum Gasteiger partial charge on any atom is 0.138 e. The molecule has 90 valence electrons. The third kappa shape index (κ3) is 1.84. The molecule has 18 heavy (non-hydrogen) atoms. The van der Waals surface area contributed by atoms with Gasteiger partial charge in [0.25, 0.3) is 0 Å². The van der Waals surface area contributed by atoms with E-state index < -0.39 is 0 Å². The number of rotatable bonds is 3. The smallest absolute Gasteiger partial charge is 0.138 e. The lowest BCUT2D eigenvalue weighted by Gasteiger charge is -2.07. The second-order valence-electron chi connectivity index (χ2n) is 4.18. The Hall–Kier alpha value is -2.29. The van der Waals surface area contributed by atoms with Crippen LogP contribution in [-0.4, -0.2) is 9.38 Å². The number of aryl methyl sites for hydroxylation is 1. The molecule has 0 saturated heterocycles. The number of nitrogens with zero attached hydrogens (tertiary/aromatic N) is 2. The summed E-state index contributed by atoms with van der Waals surface area (Å²) < 4.78 is 2.09. The summed E-state index contributed by atoms with van der Waals surface area (Å²) in [7, 11) is 0. The van der Waals surface area contributed by atoms with Crippen LogP contribution in [0.25, 0.3) is 5.65 Å². The molecular formula is C15H15N3. The Labute approximate surface area is 106 Å². The van der Waals surface area contributed by atoms with Crippen molar-refractivity contribution in [2.75, 3.05) is 5.32 Å². The summed E-state index contributed by atoms with van der Waals surface area (Å²) in [6.07, 6.45) is 2.95. The van der Waals surface area contributed by atoms with Crippen LogP contribution in [0, 0.1) is 0 Å². The zero-order valence-corrected chi connectivity index (χ0v) is 10.3. The molecule has 0 spiro atoms. The zero-order valence-electron chi connectivity index (χ0n) is 10.3. The predicted octanol–water partition coefficient (Wildman–Crippen LogP) is 3.64. The van der Waals surface area contributed by atoms with Crippen molar-refractivity contribution in [3.8, 4) is 0 Å². The highest BCUT2D eigenvalue weighted by molar-refractivity contribution is 5.63. The normalized spacial score (nSPS) is 10.7. The molecule has 2 aromatic heterocycles. The van der Waals surface area contributed by atoms with E-state index in [2.05, 4.69) is 33.8 Å². The van der Waals surface area contributed by atoms with Crippen molar-refractivity contribution in [3.63, 3.8) is 0 Å². The third-order valence-corrected chi connectivity index (χ3v) is 2.97. The van der Waals surface area contributed by atoms with Gasteiger partial charge in [-0.1, -0.05) is 31.2 Å². The first-order valence-corrected chi connectivity index (χ1v) is 6.16. The lowest BCUT2D eigenvalue weighted by atomic mass is 10.3. The summed E-state index contributed by atoms with van der Waals surface area (Å²) in [6, 6.07) is 16.2. The molecule has 0 aliphatic rings. The van der Waals surface area contributed by atoms with Gasteiger partial charge in [-0.15, -0.1) is 0 Å². The molecule has 0 fully saturated rings. The van der Waals surface area contributed by atoms with Crippen LogP contribution >= 0.6 is 0 Å². The summed E-state index contributed by atoms with van der Waals surface area (Å²) in [5, 5.41) is 3.45. The van der Waals surface area contributed by atoms with E-state index in [0.717, 1.165) is 29.3 Å². The van der Waals surface area contributed by atoms with Crippen LogP contribution in [0.5, 0.6) is 0 Å². The average Bonchev–Trinajstić information content (AvgIpc) is 2.78. The lowest BCUT2D eigenvalue weighted by Crippen LogP contribution is -1.97. The van der Waals surface area contributed by atoms with Gasteiger partial charge in [-0.3, -0.25) is 4.40 Å². The predicted molar refractivity (Wildman–Crippen MR) is 74.3 cm³/mol. The Morgan fingerprint density at radius 1 is 1.06 bits per heavy atom. The van der Waals surface area contributed by atoms with Gasteiger partial charge in [0, 0.05) is 11.9 Å². The SMILES string of the molecule is CCc1nc2ccccn2c1Nc1ccccc1. The van der Waals surface area contributed by atoms with E-state index in [4.69, 9.17) is 0 Å². The number of para-hydroxylation sites is 1. The first kappa shape index (κ1) is 10.8. The Balaban J connectivity index is 2.10. The Kier molecular flexibility index (Phi) is 2.73. The lowest BCUT2D eigenvalue weighted by molar-refractivity contribution is 1.07. The Bertz CT molecular complexity index is 656. The molecule has 0 atom stereocenters. The number of anilines is 2. The fourth-order valence-electron chi connectivity index (χ4n) is 2.08. The quantitative estimate of drug-likeness (QED) is 0.753. The molecule has 3 heteroatoms. The summed E-state index contributed by atoms with van der Waals surface area (Å²) >= 11 is 0. The fraction of sp³-hybridized carbons (Fsp3) is 0.133. The summed E-state index contributed by atoms with van der Waals surface area (Å²) in [6.45, 7) is 2.12. The van der Waals surface area contributed by atoms with Gasteiger partial charge in [0.15, 0.2) is 0 Å². The standard InChI is InChI=1S/C15H15N3/c1-2-13-15(16-12-8-4-3-5-9-12)18-11-7-6-10-14(18)17-13/h3-11,16H,2H2,1H3. The highest BCUT2D eigenvalue weighted by atomic mass is 15.1. The van der Waals surface area contributed by atoms with Gasteiger partial charge in [0.05, 0.1) is 5.69 Å². The number of hydrogen-bond donors (Lipinski definition) is 1. The first-order chi connectivity index (χ1) is 8.88. The summed E-state index contributed by atoms with van der Waals surface area (Å²) in [5.41, 5.74) is 3.15. The van der Waals surface area contributed by atoms with E-state index in [1.165, 1.54) is 0 Å². The minimum atomic E-state index is 0.914. The van der Waals surface area contributed by atoms with E-state index in [9.17, 15) is 0 Å². The summed E-state index contributed by atoms with van der Waals surface area (Å²) in [5.74, 6) is 1.05. The van der Waals surface area contributed by atoms with Crippen LogP contribution in [0.1, 0.15) is 12.6 Å². The second-order valence-corrected chi connectivity index (χ2v) is 4.18. The van der Waals surface area contributed by atoms with Crippen molar-refractivity contribution in [1.29, 1.82) is 0 Å². The van der Waals surface area contributed by atoms with E-state index in [0.29, 0.717) is 0 Å². The molecule has 1 aromatic carbocycles. The third-order valence-electron chi connectivity index (χ3n) is 2.97. The molecule has 3 rings (SSSR count). The van der Waals surface area contributed by atoms with Crippen molar-refractivity contribution in [2.45, 2.75) is 13.3 Å². The maximum atomic E-state index is 4.63. The largest absolute Gasteiger partial charge is 0.340 e. The molecule has 3 aromatic rings. The molecular weight excluding hydrogens is 222 g/mol. The van der Waals surface area contributed by atoms with Crippen LogP contribution < -0.4 is 5.32 Å². The molecule has 0 radical (unpaired) electrons. The number of pyridine rings is 1. The van der Waals surface area contributed by atoms with Gasteiger partial charge < -0.3 is 5.32 Å². The fourth-order valence-corrected chi connectivity index (χ4v) is 2.08. The van der Waals surface area contributed by atoms with Gasteiger partial charge in [0.1, 0.15) is 11.5 Å². The van der Waals surface area contributed by atoms with Crippen LogP contribution in [-0.2, 0) is 6.42 Å². The van der Waals surface area contributed by atoms with E-state index in [1.54, 1.807) is 0 Å². The van der Waals surface area contributed by atoms with Crippen LogP contribution in [0.2, 0.25) is 0 Å². The number of nitrogens with one attached hydrogen (secondary N) is 1. The number of imidazole rings is 1. The minimum absolute atomic E-state index is 0.914. The topological polar surface area (TPSA) is 29.3 Å². The molecule has 0 aliphatic carbocycles. The number of fused-ring (bicyclic) bond motifs is 1. The zero-order chi connectivity index (χ0) is 12.4. The molecule has 3 nitrogen and oxygen atoms in total.